The van der Waals surface area contributed by atoms with Crippen molar-refractivity contribution in [2.45, 2.75) is 18.7 Å². The largest absolute Gasteiger partial charge is 0.478 e. The van der Waals surface area contributed by atoms with E-state index >= 15 is 0 Å². The van der Waals surface area contributed by atoms with E-state index in [0.717, 1.165) is 0 Å². The van der Waals surface area contributed by atoms with Gasteiger partial charge in [0.1, 0.15) is 6.54 Å². The predicted molar refractivity (Wildman–Crippen MR) is 70.0 cm³/mol. The molecule has 20 heavy (non-hydrogen) atoms. The van der Waals surface area contributed by atoms with Gasteiger partial charge < -0.3 is 9.84 Å². The molecule has 0 saturated heterocycles. The second-order valence-corrected chi connectivity index (χ2v) is 5.60. The van der Waals surface area contributed by atoms with Crippen LogP contribution in [0.5, 0.6) is 0 Å². The van der Waals surface area contributed by atoms with Crippen LogP contribution in [0, 0.1) is 6.92 Å². The molecule has 1 aromatic carbocycles. The summed E-state index contributed by atoms with van der Waals surface area (Å²) in [6, 6.07) is 3.91. The van der Waals surface area contributed by atoms with E-state index in [9.17, 15) is 18.0 Å². The topological polar surface area (TPSA) is 110 Å². The van der Waals surface area contributed by atoms with Crippen molar-refractivity contribution in [2.24, 2.45) is 0 Å². The molecule has 0 radical (unpaired) electrons. The molecule has 0 heterocycles. The molecule has 110 valence electrons. The molecule has 0 atom stereocenters. The molecule has 0 aliphatic heterocycles. The van der Waals surface area contributed by atoms with Crippen LogP contribution in [0.4, 0.5) is 0 Å². The van der Waals surface area contributed by atoms with Crippen LogP contribution < -0.4 is 4.72 Å². The minimum atomic E-state index is -3.97. The molecular formula is C12H15NO6S. The Morgan fingerprint density at radius 1 is 1.35 bits per heavy atom. The molecule has 0 unspecified atom stereocenters. The van der Waals surface area contributed by atoms with Gasteiger partial charge in [-0.3, -0.25) is 4.79 Å². The highest BCUT2D eigenvalue weighted by atomic mass is 32.2. The summed E-state index contributed by atoms with van der Waals surface area (Å²) in [4.78, 5) is 21.9. The lowest BCUT2D eigenvalue weighted by molar-refractivity contribution is -0.141. The Kier molecular flexibility index (Phi) is 5.23. The van der Waals surface area contributed by atoms with E-state index in [-0.39, 0.29) is 22.6 Å². The second-order valence-electron chi connectivity index (χ2n) is 3.86. The summed E-state index contributed by atoms with van der Waals surface area (Å²) in [5.74, 6) is -1.92. The van der Waals surface area contributed by atoms with Gasteiger partial charge in [0.05, 0.1) is 17.1 Å². The summed E-state index contributed by atoms with van der Waals surface area (Å²) in [7, 11) is -3.97. The van der Waals surface area contributed by atoms with E-state index < -0.39 is 28.5 Å². The number of carbonyl (C=O) groups is 2. The quantitative estimate of drug-likeness (QED) is 0.742. The zero-order valence-corrected chi connectivity index (χ0v) is 11.9. The van der Waals surface area contributed by atoms with Crippen molar-refractivity contribution in [1.29, 1.82) is 0 Å². The number of ether oxygens (including phenoxy) is 1. The molecule has 7 nitrogen and oxygen atoms in total. The maximum Gasteiger partial charge on any atom is 0.335 e. The number of nitrogens with one attached hydrogen (secondary N) is 1. The Morgan fingerprint density at radius 2 is 2.00 bits per heavy atom. The SMILES string of the molecule is CCOC(=O)CNS(=O)(=O)c1cccc(C(=O)O)c1C. The number of hydrogen-bond acceptors (Lipinski definition) is 5. The zero-order valence-electron chi connectivity index (χ0n) is 11.0. The van der Waals surface area contributed by atoms with Crippen molar-refractivity contribution in [1.82, 2.24) is 4.72 Å². The summed E-state index contributed by atoms with van der Waals surface area (Å²) in [6.07, 6.45) is 0. The fourth-order valence-corrected chi connectivity index (χ4v) is 2.82. The van der Waals surface area contributed by atoms with Gasteiger partial charge in [-0.05, 0) is 31.5 Å². The van der Waals surface area contributed by atoms with Crippen LogP contribution in [0.2, 0.25) is 0 Å². The van der Waals surface area contributed by atoms with Crippen molar-refractivity contribution in [3.63, 3.8) is 0 Å². The number of rotatable bonds is 6. The van der Waals surface area contributed by atoms with Gasteiger partial charge in [-0.1, -0.05) is 6.07 Å². The molecule has 0 bridgehead atoms. The van der Waals surface area contributed by atoms with Gasteiger partial charge >= 0.3 is 11.9 Å². The predicted octanol–water partition coefficient (Wildman–Crippen LogP) is 0.535. The molecule has 1 aromatic rings. The number of aromatic carboxylic acids is 1. The number of carboxylic acid groups (broad SMARTS) is 1. The molecule has 0 aliphatic carbocycles. The van der Waals surface area contributed by atoms with Gasteiger partial charge in [-0.15, -0.1) is 0 Å². The fraction of sp³-hybridized carbons (Fsp3) is 0.333. The van der Waals surface area contributed by atoms with Crippen molar-refractivity contribution in [3.05, 3.63) is 29.3 Å². The average Bonchev–Trinajstić information content (AvgIpc) is 2.36. The number of esters is 1. The maximum absolute atomic E-state index is 12.0. The van der Waals surface area contributed by atoms with Gasteiger partial charge in [0.2, 0.25) is 10.0 Å². The first kappa shape index (κ1) is 16.1. The Balaban J connectivity index is 3.02. The number of hydrogen-bond donors (Lipinski definition) is 2. The van der Waals surface area contributed by atoms with Crippen LogP contribution in [0.1, 0.15) is 22.8 Å². The number of carbonyl (C=O) groups excluding carboxylic acids is 1. The molecular weight excluding hydrogens is 286 g/mol. The van der Waals surface area contributed by atoms with Gasteiger partial charge in [0.15, 0.2) is 0 Å². The maximum atomic E-state index is 12.0. The summed E-state index contributed by atoms with van der Waals surface area (Å²) >= 11 is 0. The fourth-order valence-electron chi connectivity index (χ4n) is 1.58. The summed E-state index contributed by atoms with van der Waals surface area (Å²) < 4.78 is 30.7. The van der Waals surface area contributed by atoms with Crippen molar-refractivity contribution >= 4 is 22.0 Å². The summed E-state index contributed by atoms with van der Waals surface area (Å²) in [6.45, 7) is 2.64. The number of sulfonamides is 1. The molecule has 1 rings (SSSR count). The van der Waals surface area contributed by atoms with Crippen molar-refractivity contribution < 1.29 is 27.9 Å². The van der Waals surface area contributed by atoms with Crippen LogP contribution in [0.3, 0.4) is 0 Å². The molecule has 0 amide bonds. The third kappa shape index (κ3) is 3.78. The lowest BCUT2D eigenvalue weighted by atomic mass is 10.1. The molecule has 0 aliphatic rings. The van der Waals surface area contributed by atoms with E-state index in [1.165, 1.54) is 25.1 Å². The molecule has 2 N–H and O–H groups in total. The highest BCUT2D eigenvalue weighted by Gasteiger charge is 2.21. The molecule has 0 aromatic heterocycles. The smallest absolute Gasteiger partial charge is 0.335 e. The monoisotopic (exact) mass is 301 g/mol. The minimum absolute atomic E-state index is 0.107. The first-order valence-corrected chi connectivity index (χ1v) is 7.26. The average molecular weight is 301 g/mol. The van der Waals surface area contributed by atoms with Crippen LogP contribution >= 0.6 is 0 Å². The Hall–Kier alpha value is -1.93. The third-order valence-electron chi connectivity index (χ3n) is 2.52. The highest BCUT2D eigenvalue weighted by molar-refractivity contribution is 7.89. The first-order chi connectivity index (χ1) is 9.29. The van der Waals surface area contributed by atoms with E-state index in [0.29, 0.717) is 0 Å². The highest BCUT2D eigenvalue weighted by Crippen LogP contribution is 2.18. The molecule has 0 fully saturated rings. The molecule has 0 spiro atoms. The molecule has 0 saturated carbocycles. The van der Waals surface area contributed by atoms with Crippen LogP contribution in [0.25, 0.3) is 0 Å². The van der Waals surface area contributed by atoms with E-state index in [4.69, 9.17) is 5.11 Å². The number of carboxylic acids is 1. The van der Waals surface area contributed by atoms with E-state index in [2.05, 4.69) is 9.46 Å². The zero-order chi connectivity index (χ0) is 15.3. The second kappa shape index (κ2) is 6.49. The lowest BCUT2D eigenvalue weighted by Crippen LogP contribution is -2.31. The standard InChI is InChI=1S/C12H15NO6S/c1-3-19-11(14)7-13-20(17,18)10-6-4-5-9(8(10)2)12(15)16/h4-6,13H,3,7H2,1-2H3,(H,15,16). The van der Waals surface area contributed by atoms with Crippen molar-refractivity contribution in [2.75, 3.05) is 13.2 Å². The van der Waals surface area contributed by atoms with Crippen LogP contribution in [-0.4, -0.2) is 38.6 Å². The Morgan fingerprint density at radius 3 is 2.55 bits per heavy atom. The van der Waals surface area contributed by atoms with Gasteiger partial charge in [0, 0.05) is 0 Å². The number of benzene rings is 1. The van der Waals surface area contributed by atoms with Gasteiger partial charge in [-0.25, -0.2) is 13.2 Å². The summed E-state index contributed by atoms with van der Waals surface area (Å²) in [5.41, 5.74) is 0.000341. The third-order valence-corrected chi connectivity index (χ3v) is 4.06. The van der Waals surface area contributed by atoms with Crippen LogP contribution in [0.15, 0.2) is 23.1 Å². The van der Waals surface area contributed by atoms with Crippen LogP contribution in [-0.2, 0) is 19.6 Å². The van der Waals surface area contributed by atoms with E-state index in [1.54, 1.807) is 6.92 Å². The van der Waals surface area contributed by atoms with Crippen molar-refractivity contribution in [3.8, 4) is 0 Å². The van der Waals surface area contributed by atoms with E-state index in [1.807, 2.05) is 0 Å². The van der Waals surface area contributed by atoms with Gasteiger partial charge in [-0.2, -0.15) is 4.72 Å². The normalized spacial score (nSPS) is 11.1. The minimum Gasteiger partial charge on any atom is -0.478 e. The molecule has 8 heteroatoms. The van der Waals surface area contributed by atoms with Gasteiger partial charge in [0.25, 0.3) is 0 Å². The summed E-state index contributed by atoms with van der Waals surface area (Å²) in [5, 5.41) is 8.95. The first-order valence-electron chi connectivity index (χ1n) is 5.77. The lowest BCUT2D eigenvalue weighted by Gasteiger charge is -2.10. The Labute approximate surface area is 116 Å². The Bertz CT molecular complexity index is 623.